The molecule has 0 aliphatic carbocycles. The van der Waals surface area contributed by atoms with Gasteiger partial charge < -0.3 is 4.74 Å². The van der Waals surface area contributed by atoms with Gasteiger partial charge in [-0.05, 0) is 30.7 Å². The van der Waals surface area contributed by atoms with E-state index in [2.05, 4.69) is 13.8 Å². The molecule has 0 spiro atoms. The lowest BCUT2D eigenvalue weighted by Crippen LogP contribution is -2.23. The van der Waals surface area contributed by atoms with Gasteiger partial charge in [0.1, 0.15) is 5.75 Å². The topological polar surface area (TPSA) is 44.1 Å². The Hall–Kier alpha value is -1.40. The third-order valence-corrected chi connectivity index (χ3v) is 6.18. The second-order valence-corrected chi connectivity index (χ2v) is 8.35. The summed E-state index contributed by atoms with van der Waals surface area (Å²) in [5.74, 6) is 1.75. The highest BCUT2D eigenvalue weighted by molar-refractivity contribution is 8.00. The fourth-order valence-electron chi connectivity index (χ4n) is 2.66. The molecule has 2 aromatic rings. The fraction of sp³-hybridized carbons (Fsp3) is 0.444. The second-order valence-electron chi connectivity index (χ2n) is 5.84. The van der Waals surface area contributed by atoms with E-state index in [1.807, 2.05) is 24.3 Å². The zero-order chi connectivity index (χ0) is 17.1. The first-order valence-corrected chi connectivity index (χ1v) is 10.1. The number of methoxy groups -OCH3 is 1. The quantitative estimate of drug-likeness (QED) is 0.438. The molecular weight excluding hydrogens is 340 g/mol. The number of hydrogen-bond acceptors (Lipinski definition) is 5. The molecule has 0 amide bonds. The lowest BCUT2D eigenvalue weighted by atomic mass is 10.2. The molecule has 0 saturated carbocycles. The van der Waals surface area contributed by atoms with Crippen molar-refractivity contribution in [2.75, 3.05) is 12.9 Å². The molecule has 1 atom stereocenters. The van der Waals surface area contributed by atoms with Crippen LogP contribution in [-0.4, -0.2) is 27.7 Å². The molecule has 0 N–H and O–H groups in total. The average Bonchev–Trinajstić information content (AvgIpc) is 2.96. The van der Waals surface area contributed by atoms with Crippen molar-refractivity contribution in [3.05, 3.63) is 40.3 Å². The Morgan fingerprint density at radius 2 is 2.12 bits per heavy atom. The molecule has 128 valence electrons. The van der Waals surface area contributed by atoms with Crippen LogP contribution in [0.3, 0.4) is 0 Å². The molecule has 4 nitrogen and oxygen atoms in total. The normalized spacial score (nSPS) is 16.2. The Bertz CT molecular complexity index is 772. The van der Waals surface area contributed by atoms with Crippen LogP contribution in [0.15, 0.2) is 39.1 Å². The first-order chi connectivity index (χ1) is 11.6. The molecule has 1 aromatic heterocycles. The SMILES string of the molecule is CCCCSc1nc2c(c(=O)n1-c1ccc(OC)cc1)S[C@H](C)C2. The molecule has 2 heterocycles. The van der Waals surface area contributed by atoms with Crippen LogP contribution in [0.25, 0.3) is 5.69 Å². The zero-order valence-corrected chi connectivity index (χ0v) is 15.9. The molecule has 24 heavy (non-hydrogen) atoms. The summed E-state index contributed by atoms with van der Waals surface area (Å²) in [6.45, 7) is 4.32. The molecule has 0 radical (unpaired) electrons. The van der Waals surface area contributed by atoms with Gasteiger partial charge in [-0.25, -0.2) is 4.98 Å². The van der Waals surface area contributed by atoms with E-state index in [-0.39, 0.29) is 5.56 Å². The first-order valence-electron chi connectivity index (χ1n) is 8.23. The van der Waals surface area contributed by atoms with Crippen LogP contribution < -0.4 is 10.3 Å². The van der Waals surface area contributed by atoms with Gasteiger partial charge in [0.2, 0.25) is 0 Å². The molecule has 0 saturated heterocycles. The Kier molecular flexibility index (Phi) is 5.56. The number of thioether (sulfide) groups is 2. The van der Waals surface area contributed by atoms with Gasteiger partial charge >= 0.3 is 0 Å². The van der Waals surface area contributed by atoms with Crippen molar-refractivity contribution in [2.24, 2.45) is 0 Å². The van der Waals surface area contributed by atoms with Crippen LogP contribution in [0.4, 0.5) is 0 Å². The van der Waals surface area contributed by atoms with E-state index in [0.717, 1.165) is 52.2 Å². The van der Waals surface area contributed by atoms with Gasteiger partial charge in [0.05, 0.1) is 23.4 Å². The van der Waals surface area contributed by atoms with E-state index < -0.39 is 0 Å². The lowest BCUT2D eigenvalue weighted by Gasteiger charge is -2.14. The minimum absolute atomic E-state index is 0.0542. The predicted molar refractivity (Wildman–Crippen MR) is 101 cm³/mol. The molecule has 0 unspecified atom stereocenters. The lowest BCUT2D eigenvalue weighted by molar-refractivity contribution is 0.414. The summed E-state index contributed by atoms with van der Waals surface area (Å²) in [6, 6.07) is 7.60. The third-order valence-electron chi connectivity index (χ3n) is 3.94. The highest BCUT2D eigenvalue weighted by Crippen LogP contribution is 2.35. The van der Waals surface area contributed by atoms with Crippen LogP contribution in [-0.2, 0) is 6.42 Å². The highest BCUT2D eigenvalue weighted by Gasteiger charge is 2.26. The Morgan fingerprint density at radius 3 is 2.79 bits per heavy atom. The summed E-state index contributed by atoms with van der Waals surface area (Å²) in [5, 5.41) is 1.22. The number of nitrogens with zero attached hydrogens (tertiary/aromatic N) is 2. The average molecular weight is 363 g/mol. The molecule has 1 aliphatic heterocycles. The van der Waals surface area contributed by atoms with E-state index in [9.17, 15) is 4.79 Å². The number of fused-ring (bicyclic) bond motifs is 1. The van der Waals surface area contributed by atoms with E-state index in [1.165, 1.54) is 0 Å². The van der Waals surface area contributed by atoms with Gasteiger partial charge in [0, 0.05) is 17.4 Å². The summed E-state index contributed by atoms with van der Waals surface area (Å²) >= 11 is 3.31. The van der Waals surface area contributed by atoms with E-state index in [0.29, 0.717) is 5.25 Å². The van der Waals surface area contributed by atoms with E-state index in [1.54, 1.807) is 35.2 Å². The first kappa shape index (κ1) is 17.4. The van der Waals surface area contributed by atoms with Crippen molar-refractivity contribution in [1.82, 2.24) is 9.55 Å². The summed E-state index contributed by atoms with van der Waals surface area (Å²) in [6.07, 6.45) is 3.13. The number of rotatable bonds is 6. The minimum atomic E-state index is 0.0542. The molecule has 0 fully saturated rings. The Morgan fingerprint density at radius 1 is 1.38 bits per heavy atom. The van der Waals surface area contributed by atoms with Crippen molar-refractivity contribution in [2.45, 2.75) is 48.4 Å². The van der Waals surface area contributed by atoms with Crippen molar-refractivity contribution in [3.8, 4) is 11.4 Å². The summed E-state index contributed by atoms with van der Waals surface area (Å²) < 4.78 is 6.97. The van der Waals surface area contributed by atoms with Crippen LogP contribution in [0, 0.1) is 0 Å². The van der Waals surface area contributed by atoms with E-state index in [4.69, 9.17) is 9.72 Å². The molecule has 1 aromatic carbocycles. The van der Waals surface area contributed by atoms with Crippen molar-refractivity contribution < 1.29 is 4.74 Å². The van der Waals surface area contributed by atoms with Crippen LogP contribution in [0.1, 0.15) is 32.4 Å². The smallest absolute Gasteiger partial charge is 0.272 e. The van der Waals surface area contributed by atoms with Gasteiger partial charge in [-0.3, -0.25) is 9.36 Å². The van der Waals surface area contributed by atoms with E-state index >= 15 is 0 Å². The van der Waals surface area contributed by atoms with Crippen molar-refractivity contribution in [3.63, 3.8) is 0 Å². The second kappa shape index (κ2) is 7.66. The maximum absolute atomic E-state index is 13.1. The molecule has 3 rings (SSSR count). The van der Waals surface area contributed by atoms with Gasteiger partial charge in [-0.2, -0.15) is 0 Å². The van der Waals surface area contributed by atoms with Gasteiger partial charge in [0.25, 0.3) is 5.56 Å². The predicted octanol–water partition coefficient (Wildman–Crippen LogP) is 4.17. The largest absolute Gasteiger partial charge is 0.497 e. The number of hydrogen-bond donors (Lipinski definition) is 0. The maximum Gasteiger partial charge on any atom is 0.272 e. The van der Waals surface area contributed by atoms with Crippen molar-refractivity contribution in [1.29, 1.82) is 0 Å². The summed E-state index contributed by atoms with van der Waals surface area (Å²) in [5.41, 5.74) is 1.86. The minimum Gasteiger partial charge on any atom is -0.497 e. The standard InChI is InChI=1S/C18H22N2O2S2/c1-4-5-10-23-18-19-15-11-12(2)24-16(15)17(21)20(18)13-6-8-14(22-3)9-7-13/h6-9,12H,4-5,10-11H2,1-3H3/t12-/m1/s1. The Labute approximate surface area is 151 Å². The van der Waals surface area contributed by atoms with Gasteiger partial charge in [-0.15, -0.1) is 11.8 Å². The number of aromatic nitrogens is 2. The number of benzene rings is 1. The monoisotopic (exact) mass is 362 g/mol. The van der Waals surface area contributed by atoms with Crippen molar-refractivity contribution >= 4 is 23.5 Å². The Balaban J connectivity index is 2.07. The molecular formula is C18H22N2O2S2. The fourth-order valence-corrected chi connectivity index (χ4v) is 4.87. The van der Waals surface area contributed by atoms with Gasteiger partial charge in [0.15, 0.2) is 5.16 Å². The highest BCUT2D eigenvalue weighted by atomic mass is 32.2. The van der Waals surface area contributed by atoms with Crippen LogP contribution in [0.5, 0.6) is 5.75 Å². The number of ether oxygens (including phenoxy) is 1. The van der Waals surface area contributed by atoms with Gasteiger partial charge in [-0.1, -0.05) is 32.0 Å². The third kappa shape index (κ3) is 3.49. The maximum atomic E-state index is 13.1. The summed E-state index contributed by atoms with van der Waals surface area (Å²) in [4.78, 5) is 18.7. The molecule has 1 aliphatic rings. The summed E-state index contributed by atoms with van der Waals surface area (Å²) in [7, 11) is 1.64. The molecule has 6 heteroatoms. The molecule has 0 bridgehead atoms. The number of unbranched alkanes of at least 4 members (excludes halogenated alkanes) is 1. The van der Waals surface area contributed by atoms with Crippen LogP contribution >= 0.6 is 23.5 Å². The zero-order valence-electron chi connectivity index (χ0n) is 14.2. The van der Waals surface area contributed by atoms with Crippen LogP contribution in [0.2, 0.25) is 0 Å².